The summed E-state index contributed by atoms with van der Waals surface area (Å²) >= 11 is 0. The lowest BCUT2D eigenvalue weighted by Crippen LogP contribution is -2.05. The van der Waals surface area contributed by atoms with Gasteiger partial charge in [-0.05, 0) is 45.2 Å². The molecule has 1 aromatic heterocycles. The Hall–Kier alpha value is -2.08. The summed E-state index contributed by atoms with van der Waals surface area (Å²) in [5.41, 5.74) is 7.37. The molecule has 2 rings (SSSR count). The second-order valence-electron chi connectivity index (χ2n) is 5.04. The first-order chi connectivity index (χ1) is 8.99. The maximum absolute atomic E-state index is 9.19. The van der Waals surface area contributed by atoms with Crippen LogP contribution in [-0.2, 0) is 6.42 Å². The van der Waals surface area contributed by atoms with E-state index in [2.05, 4.69) is 51.0 Å². The van der Waals surface area contributed by atoms with Gasteiger partial charge in [0.15, 0.2) is 5.69 Å². The summed E-state index contributed by atoms with van der Waals surface area (Å²) < 4.78 is 1.92. The second-order valence-corrected chi connectivity index (χ2v) is 5.04. The van der Waals surface area contributed by atoms with Crippen LogP contribution in [0.25, 0.3) is 5.69 Å². The van der Waals surface area contributed by atoms with Gasteiger partial charge in [-0.2, -0.15) is 10.4 Å². The van der Waals surface area contributed by atoms with Crippen LogP contribution in [0.15, 0.2) is 12.1 Å². The maximum Gasteiger partial charge on any atom is 0.166 e. The van der Waals surface area contributed by atoms with Crippen LogP contribution >= 0.6 is 0 Å². The van der Waals surface area contributed by atoms with Gasteiger partial charge in [0.25, 0.3) is 0 Å². The smallest absolute Gasteiger partial charge is 0.166 e. The molecule has 0 fully saturated rings. The van der Waals surface area contributed by atoms with Crippen LogP contribution < -0.4 is 0 Å². The van der Waals surface area contributed by atoms with Gasteiger partial charge in [-0.25, -0.2) is 4.68 Å². The highest BCUT2D eigenvalue weighted by Gasteiger charge is 2.16. The first kappa shape index (κ1) is 13.4. The number of hydrogen-bond acceptors (Lipinski definition) is 2. The molecule has 0 amide bonds. The van der Waals surface area contributed by atoms with Crippen LogP contribution in [0.5, 0.6) is 0 Å². The molecule has 0 unspecified atom stereocenters. The first-order valence-electron chi connectivity index (χ1n) is 6.56. The topological polar surface area (TPSA) is 41.6 Å². The summed E-state index contributed by atoms with van der Waals surface area (Å²) in [6.07, 6.45) is 0.832. The Labute approximate surface area is 114 Å². The molecular weight excluding hydrogens is 234 g/mol. The van der Waals surface area contributed by atoms with Crippen molar-refractivity contribution in [2.75, 3.05) is 0 Å². The number of benzene rings is 1. The van der Waals surface area contributed by atoms with Gasteiger partial charge in [0, 0.05) is 11.3 Å². The van der Waals surface area contributed by atoms with Gasteiger partial charge in [-0.3, -0.25) is 0 Å². The van der Waals surface area contributed by atoms with Gasteiger partial charge >= 0.3 is 0 Å². The molecule has 2 aromatic rings. The van der Waals surface area contributed by atoms with Crippen molar-refractivity contribution in [1.82, 2.24) is 9.78 Å². The minimum absolute atomic E-state index is 0.541. The van der Waals surface area contributed by atoms with Gasteiger partial charge in [-0.15, -0.1) is 0 Å². The Bertz CT molecular complexity index is 649. The Morgan fingerprint density at radius 2 is 1.74 bits per heavy atom. The van der Waals surface area contributed by atoms with E-state index in [4.69, 9.17) is 0 Å². The average Bonchev–Trinajstić information content (AvgIpc) is 2.65. The van der Waals surface area contributed by atoms with E-state index in [1.165, 1.54) is 16.7 Å². The molecule has 3 nitrogen and oxygen atoms in total. The molecule has 0 aliphatic rings. The van der Waals surface area contributed by atoms with E-state index in [0.717, 1.165) is 23.4 Å². The number of aromatic nitrogens is 2. The van der Waals surface area contributed by atoms with Crippen molar-refractivity contribution in [3.63, 3.8) is 0 Å². The molecule has 0 aliphatic carbocycles. The lowest BCUT2D eigenvalue weighted by molar-refractivity contribution is 0.825. The van der Waals surface area contributed by atoms with E-state index in [1.807, 2.05) is 11.6 Å². The van der Waals surface area contributed by atoms with Crippen LogP contribution in [-0.4, -0.2) is 9.78 Å². The maximum atomic E-state index is 9.19. The largest absolute Gasteiger partial charge is 0.236 e. The standard InChI is InChI=1S/C16H19N3/c1-6-14-13(5)19(18-15(14)9-17)16-11(3)7-10(2)8-12(16)4/h7-8H,6H2,1-5H3. The van der Waals surface area contributed by atoms with Crippen LogP contribution in [0.4, 0.5) is 0 Å². The van der Waals surface area contributed by atoms with Crippen molar-refractivity contribution in [3.05, 3.63) is 45.8 Å². The fourth-order valence-electron chi connectivity index (χ4n) is 2.77. The van der Waals surface area contributed by atoms with Crippen molar-refractivity contribution in [2.24, 2.45) is 0 Å². The molecule has 0 N–H and O–H groups in total. The molecule has 1 heterocycles. The zero-order chi connectivity index (χ0) is 14.2. The van der Waals surface area contributed by atoms with Crippen LogP contribution in [0, 0.1) is 39.0 Å². The van der Waals surface area contributed by atoms with Crippen molar-refractivity contribution < 1.29 is 0 Å². The van der Waals surface area contributed by atoms with E-state index < -0.39 is 0 Å². The van der Waals surface area contributed by atoms with Crippen molar-refractivity contribution in [2.45, 2.75) is 41.0 Å². The van der Waals surface area contributed by atoms with Crippen LogP contribution in [0.1, 0.15) is 40.6 Å². The summed E-state index contributed by atoms with van der Waals surface area (Å²) in [4.78, 5) is 0. The highest BCUT2D eigenvalue weighted by Crippen LogP contribution is 2.24. The third-order valence-electron chi connectivity index (χ3n) is 3.55. The third-order valence-corrected chi connectivity index (χ3v) is 3.55. The summed E-state index contributed by atoms with van der Waals surface area (Å²) in [6.45, 7) is 10.4. The highest BCUT2D eigenvalue weighted by molar-refractivity contribution is 5.51. The normalized spacial score (nSPS) is 10.5. The quantitative estimate of drug-likeness (QED) is 0.821. The van der Waals surface area contributed by atoms with Gasteiger partial charge in [0.2, 0.25) is 0 Å². The molecule has 0 spiro atoms. The Morgan fingerprint density at radius 1 is 1.16 bits per heavy atom. The first-order valence-corrected chi connectivity index (χ1v) is 6.56. The van der Waals surface area contributed by atoms with Crippen molar-refractivity contribution in [3.8, 4) is 11.8 Å². The summed E-state index contributed by atoms with van der Waals surface area (Å²) in [5.74, 6) is 0. The van der Waals surface area contributed by atoms with Crippen molar-refractivity contribution >= 4 is 0 Å². The van der Waals surface area contributed by atoms with Gasteiger partial charge < -0.3 is 0 Å². The van der Waals surface area contributed by atoms with E-state index >= 15 is 0 Å². The summed E-state index contributed by atoms with van der Waals surface area (Å²) in [5, 5.41) is 13.7. The zero-order valence-electron chi connectivity index (χ0n) is 12.2. The molecule has 3 heteroatoms. The van der Waals surface area contributed by atoms with E-state index in [9.17, 15) is 5.26 Å². The third kappa shape index (κ3) is 2.15. The molecule has 0 radical (unpaired) electrons. The lowest BCUT2D eigenvalue weighted by Gasteiger charge is -2.13. The Balaban J connectivity index is 2.74. The minimum Gasteiger partial charge on any atom is -0.236 e. The molecule has 0 bridgehead atoms. The number of aryl methyl sites for hydroxylation is 3. The number of nitriles is 1. The molecule has 0 atom stereocenters. The highest BCUT2D eigenvalue weighted by atomic mass is 15.3. The number of hydrogen-bond donors (Lipinski definition) is 0. The lowest BCUT2D eigenvalue weighted by atomic mass is 10.0. The minimum atomic E-state index is 0.541. The van der Waals surface area contributed by atoms with Gasteiger partial charge in [-0.1, -0.05) is 24.6 Å². The van der Waals surface area contributed by atoms with E-state index in [0.29, 0.717) is 5.69 Å². The van der Waals surface area contributed by atoms with Crippen LogP contribution in [0.2, 0.25) is 0 Å². The average molecular weight is 253 g/mol. The molecule has 98 valence electrons. The predicted molar refractivity (Wildman–Crippen MR) is 76.6 cm³/mol. The van der Waals surface area contributed by atoms with E-state index in [1.54, 1.807) is 0 Å². The van der Waals surface area contributed by atoms with Gasteiger partial charge in [0.05, 0.1) is 5.69 Å². The van der Waals surface area contributed by atoms with Crippen molar-refractivity contribution in [1.29, 1.82) is 5.26 Å². The van der Waals surface area contributed by atoms with Crippen LogP contribution in [0.3, 0.4) is 0 Å². The second kappa shape index (κ2) is 4.89. The fraction of sp³-hybridized carbons (Fsp3) is 0.375. The molecule has 19 heavy (non-hydrogen) atoms. The molecule has 0 aliphatic heterocycles. The predicted octanol–water partition coefficient (Wildman–Crippen LogP) is 3.54. The summed E-state index contributed by atoms with van der Waals surface area (Å²) in [7, 11) is 0. The molecule has 0 saturated carbocycles. The molecule has 0 saturated heterocycles. The number of nitrogens with zero attached hydrogens (tertiary/aromatic N) is 3. The molecular formula is C16H19N3. The Kier molecular flexibility index (Phi) is 3.44. The molecule has 1 aromatic carbocycles. The SMILES string of the molecule is CCc1c(C#N)nn(-c2c(C)cc(C)cc2C)c1C. The van der Waals surface area contributed by atoms with E-state index in [-0.39, 0.29) is 0 Å². The fourth-order valence-corrected chi connectivity index (χ4v) is 2.77. The monoisotopic (exact) mass is 253 g/mol. The number of rotatable bonds is 2. The van der Waals surface area contributed by atoms with Gasteiger partial charge in [0.1, 0.15) is 6.07 Å². The Morgan fingerprint density at radius 3 is 2.16 bits per heavy atom. The summed E-state index contributed by atoms with van der Waals surface area (Å²) in [6, 6.07) is 6.50. The zero-order valence-corrected chi connectivity index (χ0v) is 12.2.